The molecule has 0 amide bonds. The average molecular weight is 340 g/mol. The quantitative estimate of drug-likeness (QED) is 0.531. The lowest BCUT2D eigenvalue weighted by Crippen LogP contribution is -2.11. The first-order chi connectivity index (χ1) is 12.7. The Morgan fingerprint density at radius 2 is 1.92 bits per heavy atom. The van der Waals surface area contributed by atoms with E-state index >= 15 is 0 Å². The van der Waals surface area contributed by atoms with Gasteiger partial charge in [-0.2, -0.15) is 0 Å². The Hall–Kier alpha value is -3.65. The molecule has 4 aromatic rings. The van der Waals surface area contributed by atoms with E-state index in [1.54, 1.807) is 24.7 Å². The maximum atomic E-state index is 12.8. The molecular weight excluding hydrogens is 324 g/mol. The van der Waals surface area contributed by atoms with Crippen molar-refractivity contribution < 1.29 is 0 Å². The summed E-state index contributed by atoms with van der Waals surface area (Å²) in [5.41, 5.74) is 5.20. The first kappa shape index (κ1) is 15.9. The van der Waals surface area contributed by atoms with Gasteiger partial charge >= 0.3 is 0 Å². The molecule has 0 aliphatic heterocycles. The van der Waals surface area contributed by atoms with Crippen molar-refractivity contribution in [2.24, 2.45) is 0 Å². The Balaban J connectivity index is 2.13. The van der Waals surface area contributed by atoms with Gasteiger partial charge in [0.25, 0.3) is 5.56 Å². The van der Waals surface area contributed by atoms with Crippen LogP contribution in [-0.2, 0) is 6.42 Å². The van der Waals surface area contributed by atoms with E-state index in [4.69, 9.17) is 6.57 Å². The minimum absolute atomic E-state index is 0.188. The summed E-state index contributed by atoms with van der Waals surface area (Å²) in [7, 11) is 0. The van der Waals surface area contributed by atoms with Gasteiger partial charge in [0.05, 0.1) is 30.4 Å². The van der Waals surface area contributed by atoms with Gasteiger partial charge in [-0.15, -0.1) is 0 Å². The van der Waals surface area contributed by atoms with Crippen molar-refractivity contribution >= 4 is 16.6 Å². The second-order valence-corrected chi connectivity index (χ2v) is 6.06. The summed E-state index contributed by atoms with van der Waals surface area (Å²) in [6, 6.07) is 13.5. The van der Waals surface area contributed by atoms with Crippen LogP contribution in [0, 0.1) is 6.57 Å². The highest BCUT2D eigenvalue weighted by Crippen LogP contribution is 2.36. The minimum atomic E-state index is -0.188. The van der Waals surface area contributed by atoms with Crippen LogP contribution in [0.5, 0.6) is 0 Å². The van der Waals surface area contributed by atoms with Gasteiger partial charge in [0.2, 0.25) is 0 Å². The third kappa shape index (κ3) is 2.58. The number of hydrogen-bond donors (Lipinski definition) is 2. The van der Waals surface area contributed by atoms with Gasteiger partial charge in [0.15, 0.2) is 5.69 Å². The third-order valence-corrected chi connectivity index (χ3v) is 4.55. The lowest BCUT2D eigenvalue weighted by atomic mass is 9.93. The number of nitrogens with one attached hydrogen (secondary N) is 2. The van der Waals surface area contributed by atoms with E-state index < -0.39 is 0 Å². The molecule has 0 saturated heterocycles. The summed E-state index contributed by atoms with van der Waals surface area (Å²) >= 11 is 0. The van der Waals surface area contributed by atoms with Crippen molar-refractivity contribution in [1.82, 2.24) is 15.0 Å². The Bertz CT molecular complexity index is 1180. The highest BCUT2D eigenvalue weighted by molar-refractivity contribution is 6.02. The van der Waals surface area contributed by atoms with Crippen LogP contribution in [0.1, 0.15) is 12.5 Å². The van der Waals surface area contributed by atoms with Crippen molar-refractivity contribution in [3.8, 4) is 22.4 Å². The number of rotatable bonds is 3. The van der Waals surface area contributed by atoms with Gasteiger partial charge in [-0.3, -0.25) is 4.79 Å². The van der Waals surface area contributed by atoms with E-state index in [-0.39, 0.29) is 5.56 Å². The largest absolute Gasteiger partial charge is 0.344 e. The first-order valence-corrected chi connectivity index (χ1v) is 8.37. The predicted molar refractivity (Wildman–Crippen MR) is 103 cm³/mol. The van der Waals surface area contributed by atoms with Crippen LogP contribution >= 0.6 is 0 Å². The zero-order valence-corrected chi connectivity index (χ0v) is 14.2. The third-order valence-electron chi connectivity index (χ3n) is 4.55. The van der Waals surface area contributed by atoms with E-state index in [9.17, 15) is 4.79 Å². The fourth-order valence-electron chi connectivity index (χ4n) is 3.21. The molecule has 2 N–H and O–H groups in total. The number of fused-ring (bicyclic) bond motifs is 1. The molecule has 4 rings (SSSR count). The minimum Gasteiger partial charge on any atom is -0.344 e. The van der Waals surface area contributed by atoms with Gasteiger partial charge in [-0.1, -0.05) is 37.3 Å². The lowest BCUT2D eigenvalue weighted by molar-refractivity contribution is 1.14. The van der Waals surface area contributed by atoms with Crippen LogP contribution in [-0.4, -0.2) is 15.0 Å². The Morgan fingerprint density at radius 3 is 2.58 bits per heavy atom. The Kier molecular flexibility index (Phi) is 3.86. The topological polar surface area (TPSA) is 65.9 Å². The molecule has 5 heteroatoms. The van der Waals surface area contributed by atoms with Crippen molar-refractivity contribution in [3.05, 3.63) is 82.3 Å². The molecule has 0 unspecified atom stereocenters. The smallest absolute Gasteiger partial charge is 0.258 e. The predicted octanol–water partition coefficient (Wildman–Crippen LogP) is 4.70. The number of pyridine rings is 1. The van der Waals surface area contributed by atoms with Gasteiger partial charge in [-0.05, 0) is 35.1 Å². The number of H-pyrrole nitrogens is 2. The van der Waals surface area contributed by atoms with Crippen molar-refractivity contribution in [1.29, 1.82) is 0 Å². The molecule has 0 bridgehead atoms. The molecule has 26 heavy (non-hydrogen) atoms. The van der Waals surface area contributed by atoms with E-state index in [0.29, 0.717) is 22.5 Å². The van der Waals surface area contributed by atoms with E-state index in [1.807, 2.05) is 18.2 Å². The van der Waals surface area contributed by atoms with E-state index in [2.05, 4.69) is 38.9 Å². The van der Waals surface area contributed by atoms with Gasteiger partial charge in [-0.25, -0.2) is 9.83 Å². The molecule has 0 fully saturated rings. The Morgan fingerprint density at radius 1 is 1.12 bits per heavy atom. The fourth-order valence-corrected chi connectivity index (χ4v) is 3.21. The van der Waals surface area contributed by atoms with Crippen LogP contribution in [0.3, 0.4) is 0 Å². The monoisotopic (exact) mass is 340 g/mol. The summed E-state index contributed by atoms with van der Waals surface area (Å²) in [4.78, 5) is 26.4. The number of nitrogens with zero attached hydrogens (tertiary/aromatic N) is 2. The summed E-state index contributed by atoms with van der Waals surface area (Å²) in [5.74, 6) is 0. The highest BCUT2D eigenvalue weighted by Gasteiger charge is 2.17. The summed E-state index contributed by atoms with van der Waals surface area (Å²) < 4.78 is 0. The number of aromatic amines is 2. The van der Waals surface area contributed by atoms with Crippen molar-refractivity contribution in [2.45, 2.75) is 13.3 Å². The molecular formula is C21H16N4O. The number of benzene rings is 2. The molecule has 5 nitrogen and oxygen atoms in total. The van der Waals surface area contributed by atoms with Crippen LogP contribution in [0.4, 0.5) is 5.69 Å². The Labute approximate surface area is 150 Å². The number of aryl methyl sites for hydroxylation is 1. The highest BCUT2D eigenvalue weighted by atomic mass is 16.1. The normalized spacial score (nSPS) is 10.8. The molecule has 2 aromatic heterocycles. The number of imidazole rings is 1. The molecule has 0 spiro atoms. The second kappa shape index (κ2) is 6.34. The fraction of sp³-hybridized carbons (Fsp3) is 0.0952. The lowest BCUT2D eigenvalue weighted by Gasteiger charge is -2.13. The summed E-state index contributed by atoms with van der Waals surface area (Å²) in [5, 5.41) is 0.840. The number of aromatic nitrogens is 3. The maximum Gasteiger partial charge on any atom is 0.258 e. The molecule has 2 heterocycles. The summed E-state index contributed by atoms with van der Waals surface area (Å²) in [6.45, 7) is 9.43. The molecule has 2 aromatic carbocycles. The summed E-state index contributed by atoms with van der Waals surface area (Å²) in [6.07, 6.45) is 4.14. The standard InChI is InChI=1S/C21H16N4O/c1-3-13-4-6-14(7-5-13)19-16-10-15(22-2)8-9-17(16)25-21(26)20(19)18-11-23-12-24-18/h4-12H,3H2,1H3,(H,23,24)(H,25,26). The molecule has 0 aliphatic rings. The van der Waals surface area contributed by atoms with Crippen molar-refractivity contribution in [3.63, 3.8) is 0 Å². The zero-order valence-electron chi connectivity index (χ0n) is 14.2. The average Bonchev–Trinajstić information content (AvgIpc) is 3.21. The van der Waals surface area contributed by atoms with Gasteiger partial charge in [0, 0.05) is 11.1 Å². The zero-order chi connectivity index (χ0) is 18.1. The molecule has 0 aliphatic carbocycles. The van der Waals surface area contributed by atoms with Crippen LogP contribution in [0.25, 0.3) is 38.1 Å². The molecule has 0 atom stereocenters. The number of hydrogen-bond acceptors (Lipinski definition) is 2. The van der Waals surface area contributed by atoms with Crippen LogP contribution in [0.2, 0.25) is 0 Å². The van der Waals surface area contributed by atoms with Crippen LogP contribution < -0.4 is 5.56 Å². The SMILES string of the molecule is [C-]#[N+]c1ccc2[nH]c(=O)c(-c3cnc[nH]3)c(-c3ccc(CC)cc3)c2c1. The first-order valence-electron chi connectivity index (χ1n) is 8.37. The van der Waals surface area contributed by atoms with Gasteiger partial charge < -0.3 is 9.97 Å². The van der Waals surface area contributed by atoms with E-state index in [1.165, 1.54) is 5.56 Å². The van der Waals surface area contributed by atoms with E-state index in [0.717, 1.165) is 22.9 Å². The molecule has 126 valence electrons. The molecule has 0 radical (unpaired) electrons. The second-order valence-electron chi connectivity index (χ2n) is 6.06. The molecule has 0 saturated carbocycles. The van der Waals surface area contributed by atoms with Crippen molar-refractivity contribution in [2.75, 3.05) is 0 Å². The van der Waals surface area contributed by atoms with Gasteiger partial charge in [0.1, 0.15) is 0 Å². The maximum absolute atomic E-state index is 12.8. The van der Waals surface area contributed by atoms with Crippen LogP contribution in [0.15, 0.2) is 59.8 Å².